The number of hydrogen-bond acceptors (Lipinski definition) is 7. The van der Waals surface area contributed by atoms with Crippen LogP contribution in [0.1, 0.15) is 32.5 Å². The summed E-state index contributed by atoms with van der Waals surface area (Å²) < 4.78 is 15.7. The Morgan fingerprint density at radius 2 is 1.82 bits per heavy atom. The molecule has 2 amide bonds. The molecule has 0 spiro atoms. The van der Waals surface area contributed by atoms with Crippen LogP contribution in [0.5, 0.6) is 11.5 Å². The number of hydrogen-bond donors (Lipinski definition) is 2. The zero-order valence-corrected chi connectivity index (χ0v) is 16.9. The Morgan fingerprint density at radius 3 is 2.43 bits per heavy atom. The van der Waals surface area contributed by atoms with E-state index in [2.05, 4.69) is 10.6 Å². The Hall–Kier alpha value is -3.07. The molecule has 150 valence electrons. The molecule has 1 aromatic carbocycles. The van der Waals surface area contributed by atoms with Gasteiger partial charge in [-0.2, -0.15) is 0 Å². The smallest absolute Gasteiger partial charge is 0.341 e. The summed E-state index contributed by atoms with van der Waals surface area (Å²) in [6.07, 6.45) is 0. The second kappa shape index (κ2) is 9.75. The first-order chi connectivity index (χ1) is 13.4. The van der Waals surface area contributed by atoms with E-state index in [0.717, 1.165) is 11.3 Å². The second-order valence-electron chi connectivity index (χ2n) is 5.55. The average Bonchev–Trinajstić information content (AvgIpc) is 3.01. The van der Waals surface area contributed by atoms with Crippen molar-refractivity contribution in [3.8, 4) is 11.5 Å². The first kappa shape index (κ1) is 21.2. The van der Waals surface area contributed by atoms with Gasteiger partial charge < -0.3 is 24.8 Å². The summed E-state index contributed by atoms with van der Waals surface area (Å²) in [5, 5.41) is 5.38. The summed E-state index contributed by atoms with van der Waals surface area (Å²) in [7, 11) is 2.99. The molecule has 0 bridgehead atoms. The van der Waals surface area contributed by atoms with Gasteiger partial charge in [0.25, 0.3) is 11.8 Å². The summed E-state index contributed by atoms with van der Waals surface area (Å²) in [5.74, 6) is -0.525. The molecule has 0 atom stereocenters. The summed E-state index contributed by atoms with van der Waals surface area (Å²) in [4.78, 5) is 37.0. The monoisotopic (exact) mass is 406 g/mol. The van der Waals surface area contributed by atoms with E-state index < -0.39 is 11.9 Å². The average molecular weight is 406 g/mol. The molecule has 0 aliphatic carbocycles. The normalized spacial score (nSPS) is 10.1. The van der Waals surface area contributed by atoms with Gasteiger partial charge in [0.2, 0.25) is 0 Å². The molecule has 1 heterocycles. The van der Waals surface area contributed by atoms with Gasteiger partial charge in [0.05, 0.1) is 24.2 Å². The maximum atomic E-state index is 12.4. The zero-order valence-electron chi connectivity index (χ0n) is 16.1. The summed E-state index contributed by atoms with van der Waals surface area (Å²) in [6.45, 7) is 3.19. The van der Waals surface area contributed by atoms with Gasteiger partial charge in [0, 0.05) is 7.05 Å². The van der Waals surface area contributed by atoms with Crippen molar-refractivity contribution in [2.75, 3.05) is 32.7 Å². The van der Waals surface area contributed by atoms with Gasteiger partial charge >= 0.3 is 5.97 Å². The Bertz CT molecular complexity index is 877. The molecule has 0 aliphatic heterocycles. The number of thiophene rings is 1. The van der Waals surface area contributed by atoms with E-state index in [1.807, 2.05) is 0 Å². The van der Waals surface area contributed by atoms with Crippen molar-refractivity contribution in [1.29, 1.82) is 0 Å². The number of rotatable bonds is 8. The van der Waals surface area contributed by atoms with E-state index in [4.69, 9.17) is 14.2 Å². The summed E-state index contributed by atoms with van der Waals surface area (Å²) in [6, 6.07) is 6.93. The minimum absolute atomic E-state index is 0.163. The highest BCUT2D eigenvalue weighted by molar-refractivity contribution is 7.18. The standard InChI is InChI=1S/C19H22N2O6S/c1-5-26-19(24)15-11(2)16(17(23)20-3)28-18(15)21-14(22)10-27-13-9-7-6-8-12(13)25-4/h6-9H,5,10H2,1-4H3,(H,20,23)(H,21,22). The van der Waals surface area contributed by atoms with Crippen LogP contribution in [-0.2, 0) is 9.53 Å². The minimum atomic E-state index is -0.604. The van der Waals surface area contributed by atoms with E-state index >= 15 is 0 Å². The molecule has 8 nitrogen and oxygen atoms in total. The molecular weight excluding hydrogens is 384 g/mol. The van der Waals surface area contributed by atoms with E-state index in [1.165, 1.54) is 14.2 Å². The largest absolute Gasteiger partial charge is 0.493 e. The fourth-order valence-electron chi connectivity index (χ4n) is 2.42. The van der Waals surface area contributed by atoms with Gasteiger partial charge in [-0.3, -0.25) is 9.59 Å². The SMILES string of the molecule is CCOC(=O)c1c(NC(=O)COc2ccccc2OC)sc(C(=O)NC)c1C. The van der Waals surface area contributed by atoms with Crippen molar-refractivity contribution in [3.05, 3.63) is 40.3 Å². The van der Waals surface area contributed by atoms with E-state index in [0.29, 0.717) is 21.9 Å². The molecule has 1 aromatic heterocycles. The minimum Gasteiger partial charge on any atom is -0.493 e. The van der Waals surface area contributed by atoms with Gasteiger partial charge in [-0.1, -0.05) is 12.1 Å². The highest BCUT2D eigenvalue weighted by Crippen LogP contribution is 2.34. The van der Waals surface area contributed by atoms with Crippen molar-refractivity contribution in [2.45, 2.75) is 13.8 Å². The molecular formula is C19H22N2O6S. The number of esters is 1. The highest BCUT2D eigenvalue weighted by Gasteiger charge is 2.26. The second-order valence-corrected chi connectivity index (χ2v) is 6.57. The van der Waals surface area contributed by atoms with Gasteiger partial charge in [-0.05, 0) is 31.5 Å². The first-order valence-corrected chi connectivity index (χ1v) is 9.32. The lowest BCUT2D eigenvalue weighted by Crippen LogP contribution is -2.21. The Labute approximate surface area is 166 Å². The van der Waals surface area contributed by atoms with Crippen LogP contribution in [0.3, 0.4) is 0 Å². The molecule has 0 aliphatic rings. The molecule has 0 unspecified atom stereocenters. The van der Waals surface area contributed by atoms with Crippen LogP contribution in [0.2, 0.25) is 0 Å². The third-order valence-electron chi connectivity index (χ3n) is 3.74. The van der Waals surface area contributed by atoms with Crippen molar-refractivity contribution in [2.24, 2.45) is 0 Å². The molecule has 2 rings (SSSR count). The number of para-hydroxylation sites is 2. The summed E-state index contributed by atoms with van der Waals surface area (Å²) in [5.41, 5.74) is 0.611. The Balaban J connectivity index is 2.20. The van der Waals surface area contributed by atoms with Crippen molar-refractivity contribution in [3.63, 3.8) is 0 Å². The number of amides is 2. The number of benzene rings is 1. The predicted molar refractivity (Wildman–Crippen MR) is 106 cm³/mol. The Morgan fingerprint density at radius 1 is 1.14 bits per heavy atom. The first-order valence-electron chi connectivity index (χ1n) is 8.51. The van der Waals surface area contributed by atoms with Gasteiger partial charge in [-0.15, -0.1) is 11.3 Å². The van der Waals surface area contributed by atoms with Crippen LogP contribution in [-0.4, -0.2) is 45.2 Å². The van der Waals surface area contributed by atoms with Gasteiger partial charge in [0.15, 0.2) is 18.1 Å². The lowest BCUT2D eigenvalue weighted by Gasteiger charge is -2.10. The van der Waals surface area contributed by atoms with Crippen LogP contribution in [0.4, 0.5) is 5.00 Å². The predicted octanol–water partition coefficient (Wildman–Crippen LogP) is 2.62. The fraction of sp³-hybridized carbons (Fsp3) is 0.316. The number of carbonyl (C=O) groups is 3. The maximum absolute atomic E-state index is 12.4. The molecule has 0 saturated heterocycles. The number of anilines is 1. The number of methoxy groups -OCH3 is 1. The van der Waals surface area contributed by atoms with E-state index in [1.54, 1.807) is 38.1 Å². The lowest BCUT2D eigenvalue weighted by molar-refractivity contribution is -0.118. The van der Waals surface area contributed by atoms with Crippen LogP contribution < -0.4 is 20.1 Å². The highest BCUT2D eigenvalue weighted by atomic mass is 32.1. The van der Waals surface area contributed by atoms with Crippen molar-refractivity contribution < 1.29 is 28.6 Å². The third-order valence-corrected chi connectivity index (χ3v) is 4.95. The van der Waals surface area contributed by atoms with Gasteiger partial charge in [0.1, 0.15) is 5.00 Å². The van der Waals surface area contributed by atoms with Crippen LogP contribution >= 0.6 is 11.3 Å². The van der Waals surface area contributed by atoms with E-state index in [9.17, 15) is 14.4 Å². The molecule has 2 aromatic rings. The quantitative estimate of drug-likeness (QED) is 0.654. The fourth-order valence-corrected chi connectivity index (χ4v) is 3.58. The van der Waals surface area contributed by atoms with Crippen molar-refractivity contribution in [1.82, 2.24) is 5.32 Å². The maximum Gasteiger partial charge on any atom is 0.341 e. The Kier molecular flexibility index (Phi) is 7.39. The molecule has 0 radical (unpaired) electrons. The van der Waals surface area contributed by atoms with Crippen molar-refractivity contribution >= 4 is 34.1 Å². The van der Waals surface area contributed by atoms with E-state index in [-0.39, 0.29) is 29.7 Å². The molecule has 0 saturated carbocycles. The number of carbonyl (C=O) groups excluding carboxylic acids is 3. The molecule has 9 heteroatoms. The molecule has 28 heavy (non-hydrogen) atoms. The third kappa shape index (κ3) is 4.80. The topological polar surface area (TPSA) is 103 Å². The number of nitrogens with one attached hydrogen (secondary N) is 2. The lowest BCUT2D eigenvalue weighted by atomic mass is 10.1. The van der Waals surface area contributed by atoms with Crippen LogP contribution in [0.25, 0.3) is 0 Å². The van der Waals surface area contributed by atoms with Crippen LogP contribution in [0.15, 0.2) is 24.3 Å². The van der Waals surface area contributed by atoms with Gasteiger partial charge in [-0.25, -0.2) is 4.79 Å². The summed E-state index contributed by atoms with van der Waals surface area (Å²) >= 11 is 1.01. The zero-order chi connectivity index (χ0) is 20.7. The molecule has 0 fully saturated rings. The molecule has 2 N–H and O–H groups in total. The number of ether oxygens (including phenoxy) is 3. The van der Waals surface area contributed by atoms with Crippen LogP contribution in [0, 0.1) is 6.92 Å².